The van der Waals surface area contributed by atoms with Crippen LogP contribution in [0.2, 0.25) is 0 Å². The Morgan fingerprint density at radius 3 is 2.62 bits per heavy atom. The number of β-amino-alcohol motifs (C(OH)–C–C–N with tert-alkyl or cyclic N) is 1. The number of aromatic nitrogens is 3. The molecule has 2 N–H and O–H groups in total. The summed E-state index contributed by atoms with van der Waals surface area (Å²) in [7, 11) is 0. The van der Waals surface area contributed by atoms with Crippen molar-refractivity contribution in [2.45, 2.75) is 31.5 Å². The summed E-state index contributed by atoms with van der Waals surface area (Å²) < 4.78 is 6.10. The van der Waals surface area contributed by atoms with Crippen LogP contribution in [0.3, 0.4) is 0 Å². The molecule has 10 nitrogen and oxygen atoms in total. The number of ether oxygens (including phenoxy) is 1. The van der Waals surface area contributed by atoms with Crippen LogP contribution in [-0.4, -0.2) is 81.0 Å². The highest BCUT2D eigenvalue weighted by molar-refractivity contribution is 5.77. The molecule has 190 valence electrons. The van der Waals surface area contributed by atoms with Gasteiger partial charge in [-0.2, -0.15) is 5.26 Å². The quantitative estimate of drug-likeness (QED) is 0.495. The van der Waals surface area contributed by atoms with Gasteiger partial charge in [-0.05, 0) is 42.0 Å². The van der Waals surface area contributed by atoms with Gasteiger partial charge < -0.3 is 24.7 Å². The van der Waals surface area contributed by atoms with Crippen molar-refractivity contribution in [3.8, 4) is 23.1 Å². The highest BCUT2D eigenvalue weighted by Gasteiger charge is 2.26. The lowest BCUT2D eigenvalue weighted by molar-refractivity contribution is -0.135. The van der Waals surface area contributed by atoms with Gasteiger partial charge in [-0.1, -0.05) is 0 Å². The average Bonchev–Trinajstić information content (AvgIpc) is 2.92. The van der Waals surface area contributed by atoms with E-state index in [1.807, 2.05) is 29.2 Å². The molecule has 1 aromatic carbocycles. The molecule has 5 rings (SSSR count). The Morgan fingerprint density at radius 1 is 1.11 bits per heavy atom. The Bertz CT molecular complexity index is 1310. The van der Waals surface area contributed by atoms with E-state index in [4.69, 9.17) is 14.8 Å². The molecular weight excluding hydrogens is 472 g/mol. The van der Waals surface area contributed by atoms with Crippen molar-refractivity contribution in [2.75, 3.05) is 37.7 Å². The minimum Gasteiger partial charge on any atom is -0.489 e. The predicted octanol–water partition coefficient (Wildman–Crippen LogP) is 1.54. The smallest absolute Gasteiger partial charge is 0.248 e. The van der Waals surface area contributed by atoms with Crippen LogP contribution < -0.4 is 9.64 Å². The molecule has 0 aliphatic carbocycles. The van der Waals surface area contributed by atoms with Crippen molar-refractivity contribution in [3.63, 3.8) is 0 Å². The largest absolute Gasteiger partial charge is 0.489 e. The van der Waals surface area contributed by atoms with E-state index in [-0.39, 0.29) is 18.1 Å². The van der Waals surface area contributed by atoms with Crippen molar-refractivity contribution in [2.24, 2.45) is 0 Å². The predicted molar refractivity (Wildman–Crippen MR) is 135 cm³/mol. The highest BCUT2D eigenvalue weighted by atomic mass is 16.5. The van der Waals surface area contributed by atoms with Crippen LogP contribution in [0.5, 0.6) is 5.75 Å². The third-order valence-corrected chi connectivity index (χ3v) is 6.68. The molecular formula is C27H28N6O4. The minimum atomic E-state index is -0.483. The first-order valence-electron chi connectivity index (χ1n) is 12.3. The van der Waals surface area contributed by atoms with Gasteiger partial charge in [0.1, 0.15) is 36.2 Å². The second-order valence-corrected chi connectivity index (χ2v) is 9.29. The molecule has 0 bridgehead atoms. The molecule has 10 heteroatoms. The number of likely N-dealkylation sites (tertiary alicyclic amines) is 1. The summed E-state index contributed by atoms with van der Waals surface area (Å²) in [4.78, 5) is 28.9. The van der Waals surface area contributed by atoms with Crippen LogP contribution in [0.1, 0.15) is 29.8 Å². The SMILES string of the molecule is N#Cc1cc(-c2ccnc(Cc3ccnc(N4CC(O)C4)c3)n2)ccc1OC1CCN(C(=O)CO)CC1. The molecule has 0 saturated carbocycles. The van der Waals surface area contributed by atoms with Gasteiger partial charge in [0.05, 0.1) is 17.4 Å². The first-order chi connectivity index (χ1) is 18.0. The van der Waals surface area contributed by atoms with E-state index in [2.05, 4.69) is 16.0 Å². The van der Waals surface area contributed by atoms with Gasteiger partial charge in [0, 0.05) is 63.4 Å². The van der Waals surface area contributed by atoms with Gasteiger partial charge in [0.2, 0.25) is 5.91 Å². The second kappa shape index (κ2) is 10.9. The van der Waals surface area contributed by atoms with Crippen LogP contribution in [-0.2, 0) is 11.2 Å². The summed E-state index contributed by atoms with van der Waals surface area (Å²) in [5.74, 6) is 1.72. The number of anilines is 1. The van der Waals surface area contributed by atoms with E-state index < -0.39 is 6.61 Å². The van der Waals surface area contributed by atoms with Crippen molar-refractivity contribution >= 4 is 11.7 Å². The molecule has 2 aliphatic heterocycles. The summed E-state index contributed by atoms with van der Waals surface area (Å²) in [5.41, 5.74) is 2.95. The number of pyridine rings is 1. The van der Waals surface area contributed by atoms with E-state index >= 15 is 0 Å². The Labute approximate surface area is 214 Å². The minimum absolute atomic E-state index is 0.101. The van der Waals surface area contributed by atoms with E-state index in [1.165, 1.54) is 0 Å². The topological polar surface area (TPSA) is 136 Å². The number of piperidine rings is 1. The lowest BCUT2D eigenvalue weighted by atomic mass is 10.1. The third kappa shape index (κ3) is 5.69. The van der Waals surface area contributed by atoms with Gasteiger partial charge in [0.15, 0.2) is 0 Å². The maximum absolute atomic E-state index is 11.7. The average molecular weight is 501 g/mol. The van der Waals surface area contributed by atoms with Gasteiger partial charge >= 0.3 is 0 Å². The fourth-order valence-corrected chi connectivity index (χ4v) is 4.60. The Hall–Kier alpha value is -4.07. The molecule has 2 aromatic heterocycles. The number of amides is 1. The maximum atomic E-state index is 11.7. The molecule has 1 amide bonds. The lowest BCUT2D eigenvalue weighted by Crippen LogP contribution is -2.51. The van der Waals surface area contributed by atoms with Crippen molar-refractivity contribution < 1.29 is 19.7 Å². The molecule has 0 radical (unpaired) electrons. The van der Waals surface area contributed by atoms with E-state index in [1.54, 1.807) is 29.4 Å². The van der Waals surface area contributed by atoms with Crippen LogP contribution in [0, 0.1) is 11.3 Å². The zero-order valence-corrected chi connectivity index (χ0v) is 20.3. The zero-order valence-electron chi connectivity index (χ0n) is 20.3. The van der Waals surface area contributed by atoms with Crippen LogP contribution in [0.15, 0.2) is 48.8 Å². The van der Waals surface area contributed by atoms with Crippen LogP contribution >= 0.6 is 0 Å². The maximum Gasteiger partial charge on any atom is 0.248 e. The number of carbonyl (C=O) groups is 1. The van der Waals surface area contributed by atoms with E-state index in [0.29, 0.717) is 68.3 Å². The van der Waals surface area contributed by atoms with Gasteiger partial charge in [-0.25, -0.2) is 15.0 Å². The molecule has 37 heavy (non-hydrogen) atoms. The number of nitriles is 1. The molecule has 2 aliphatic rings. The first kappa shape index (κ1) is 24.6. The Morgan fingerprint density at radius 2 is 1.89 bits per heavy atom. The molecule has 3 aromatic rings. The third-order valence-electron chi connectivity index (χ3n) is 6.68. The van der Waals surface area contributed by atoms with Gasteiger partial charge in [-0.3, -0.25) is 4.79 Å². The lowest BCUT2D eigenvalue weighted by Gasteiger charge is -2.36. The van der Waals surface area contributed by atoms with E-state index in [0.717, 1.165) is 16.9 Å². The summed E-state index contributed by atoms with van der Waals surface area (Å²) in [5, 5.41) is 28.4. The first-order valence-corrected chi connectivity index (χ1v) is 12.3. The Balaban J connectivity index is 1.27. The van der Waals surface area contributed by atoms with Gasteiger partial charge in [0.25, 0.3) is 0 Å². The number of rotatable bonds is 7. The summed E-state index contributed by atoms with van der Waals surface area (Å²) >= 11 is 0. The number of nitrogens with zero attached hydrogens (tertiary/aromatic N) is 6. The Kier molecular flexibility index (Phi) is 7.25. The second-order valence-electron chi connectivity index (χ2n) is 9.29. The number of hydrogen-bond acceptors (Lipinski definition) is 9. The summed E-state index contributed by atoms with van der Waals surface area (Å²) in [6, 6.07) is 13.4. The number of aliphatic hydroxyl groups is 2. The van der Waals surface area contributed by atoms with Crippen molar-refractivity contribution in [1.29, 1.82) is 5.26 Å². The normalized spacial score (nSPS) is 16.2. The molecule has 0 atom stereocenters. The standard InChI is InChI=1S/C27H28N6O4/c28-14-20-13-19(1-2-24(20)37-22-5-9-32(10-6-22)27(36)17-34)23-4-8-29-25(31-23)11-18-3-7-30-26(12-18)33-15-21(35)16-33/h1-4,7-8,12-13,21-22,34-35H,5-6,9-11,15-17H2. The summed E-state index contributed by atoms with van der Waals surface area (Å²) in [6.45, 7) is 1.74. The van der Waals surface area contributed by atoms with Crippen LogP contribution in [0.25, 0.3) is 11.3 Å². The fraction of sp³-hybridized carbons (Fsp3) is 0.370. The zero-order chi connectivity index (χ0) is 25.8. The fourth-order valence-electron chi connectivity index (χ4n) is 4.60. The molecule has 4 heterocycles. The number of benzene rings is 1. The van der Waals surface area contributed by atoms with Crippen LogP contribution in [0.4, 0.5) is 5.82 Å². The highest BCUT2D eigenvalue weighted by Crippen LogP contribution is 2.28. The molecule has 0 spiro atoms. The number of aliphatic hydroxyl groups excluding tert-OH is 2. The summed E-state index contributed by atoms with van der Waals surface area (Å²) in [6.07, 6.45) is 4.89. The van der Waals surface area contributed by atoms with Gasteiger partial charge in [-0.15, -0.1) is 0 Å². The molecule has 0 unspecified atom stereocenters. The van der Waals surface area contributed by atoms with E-state index in [9.17, 15) is 15.2 Å². The monoisotopic (exact) mass is 500 g/mol. The number of hydrogen-bond donors (Lipinski definition) is 2. The van der Waals surface area contributed by atoms with Crippen molar-refractivity contribution in [3.05, 3.63) is 65.7 Å². The van der Waals surface area contributed by atoms with Crippen molar-refractivity contribution in [1.82, 2.24) is 19.9 Å². The molecule has 2 saturated heterocycles. The number of carbonyl (C=O) groups excluding carboxylic acids is 1. The molecule has 2 fully saturated rings.